The second kappa shape index (κ2) is 13.3. The van der Waals surface area contributed by atoms with Crippen LogP contribution in [0.2, 0.25) is 0 Å². The molecule has 2 aliphatic rings. The van der Waals surface area contributed by atoms with Crippen LogP contribution in [0.3, 0.4) is 0 Å². The smallest absolute Gasteiger partial charge is 0.145 e. The Morgan fingerprint density at radius 1 is 0.875 bits per heavy atom. The predicted octanol–water partition coefficient (Wildman–Crippen LogP) is 5.65. The molecule has 0 saturated carbocycles. The first-order chi connectivity index (χ1) is 15.1. The zero-order valence-corrected chi connectivity index (χ0v) is 22.6. The number of carbonyl (C=O) groups excluding carboxylic acids is 1. The molecule has 5 unspecified atom stereocenters. The van der Waals surface area contributed by atoms with Crippen molar-refractivity contribution in [3.8, 4) is 0 Å². The van der Waals surface area contributed by atoms with Gasteiger partial charge in [0.05, 0.1) is 5.25 Å². The Labute approximate surface area is 203 Å². The topological polar surface area (TPSA) is 74.6 Å². The van der Waals surface area contributed by atoms with Gasteiger partial charge in [0.2, 0.25) is 0 Å². The Bertz CT molecular complexity index is 603. The van der Waals surface area contributed by atoms with E-state index in [2.05, 4.69) is 27.7 Å². The first kappa shape index (κ1) is 28.3. The van der Waals surface area contributed by atoms with Gasteiger partial charge in [-0.15, -0.1) is 11.8 Å². The van der Waals surface area contributed by atoms with Crippen LogP contribution in [-0.4, -0.2) is 54.4 Å². The summed E-state index contributed by atoms with van der Waals surface area (Å²) < 4.78 is 13.2. The standard InChI is InChI=1S/C26H48O4S2/c1-25(2,18-27)16-6-8-20-12-14-23(29)24(31-20)15-13-22-10-5-9-21(32(22)30)11-7-17-26(3,4)19-28/h20-22,24,27-28H,5-19H2,1-4H3. The van der Waals surface area contributed by atoms with Crippen molar-refractivity contribution in [3.05, 3.63) is 0 Å². The van der Waals surface area contributed by atoms with Gasteiger partial charge in [-0.1, -0.05) is 47.0 Å². The van der Waals surface area contributed by atoms with Crippen molar-refractivity contribution < 1.29 is 19.2 Å². The zero-order valence-electron chi connectivity index (χ0n) is 20.9. The van der Waals surface area contributed by atoms with Crippen LogP contribution in [0.25, 0.3) is 0 Å². The molecule has 2 rings (SSSR count). The molecule has 0 radical (unpaired) electrons. The van der Waals surface area contributed by atoms with Gasteiger partial charge in [0.25, 0.3) is 0 Å². The average molecular weight is 489 g/mol. The molecule has 6 heteroatoms. The summed E-state index contributed by atoms with van der Waals surface area (Å²) in [6, 6.07) is 0. The fourth-order valence-electron chi connectivity index (χ4n) is 4.99. The van der Waals surface area contributed by atoms with E-state index in [0.717, 1.165) is 77.0 Å². The van der Waals surface area contributed by atoms with E-state index in [9.17, 15) is 19.2 Å². The maximum Gasteiger partial charge on any atom is 0.145 e. The normalized spacial score (nSPS) is 29.9. The average Bonchev–Trinajstić information content (AvgIpc) is 2.75. The summed E-state index contributed by atoms with van der Waals surface area (Å²) in [6.45, 7) is 8.83. The summed E-state index contributed by atoms with van der Waals surface area (Å²) in [6.07, 6.45) is 13.0. The van der Waals surface area contributed by atoms with Gasteiger partial charge in [-0.2, -0.15) is 0 Å². The molecular weight excluding hydrogens is 440 g/mol. The quantitative estimate of drug-likeness (QED) is 0.350. The number of ketones is 1. The largest absolute Gasteiger partial charge is 0.396 e. The lowest BCUT2D eigenvalue weighted by molar-refractivity contribution is -0.119. The number of hydrogen-bond acceptors (Lipinski definition) is 5. The van der Waals surface area contributed by atoms with Crippen molar-refractivity contribution in [2.24, 2.45) is 10.8 Å². The van der Waals surface area contributed by atoms with Crippen LogP contribution in [0.4, 0.5) is 0 Å². The number of Topliss-reactive ketones (excluding diaryl/α,β-unsaturated/α-hetero) is 1. The Balaban J connectivity index is 1.76. The van der Waals surface area contributed by atoms with Gasteiger partial charge in [0, 0.05) is 46.2 Å². The van der Waals surface area contributed by atoms with Gasteiger partial charge in [-0.25, -0.2) is 0 Å². The van der Waals surface area contributed by atoms with Crippen molar-refractivity contribution in [2.45, 2.75) is 132 Å². The molecule has 188 valence electrons. The van der Waals surface area contributed by atoms with E-state index < -0.39 is 10.8 Å². The van der Waals surface area contributed by atoms with E-state index in [1.165, 1.54) is 0 Å². The van der Waals surface area contributed by atoms with Crippen molar-refractivity contribution in [1.82, 2.24) is 0 Å². The van der Waals surface area contributed by atoms with Crippen molar-refractivity contribution in [3.63, 3.8) is 0 Å². The predicted molar refractivity (Wildman–Crippen MR) is 138 cm³/mol. The minimum absolute atomic E-state index is 0.00993. The Kier molecular flexibility index (Phi) is 11.7. The third-order valence-corrected chi connectivity index (χ3v) is 11.4. The van der Waals surface area contributed by atoms with Crippen molar-refractivity contribution in [2.75, 3.05) is 13.2 Å². The highest BCUT2D eigenvalue weighted by atomic mass is 32.2. The van der Waals surface area contributed by atoms with Crippen LogP contribution in [0, 0.1) is 10.8 Å². The highest BCUT2D eigenvalue weighted by molar-refractivity contribution is 8.01. The van der Waals surface area contributed by atoms with Gasteiger partial charge >= 0.3 is 0 Å². The summed E-state index contributed by atoms with van der Waals surface area (Å²) in [5.41, 5.74) is -0.0531. The van der Waals surface area contributed by atoms with E-state index in [1.807, 2.05) is 11.8 Å². The third kappa shape index (κ3) is 9.38. The van der Waals surface area contributed by atoms with E-state index in [-0.39, 0.29) is 34.5 Å². The van der Waals surface area contributed by atoms with E-state index in [0.29, 0.717) is 22.7 Å². The summed E-state index contributed by atoms with van der Waals surface area (Å²) in [5, 5.41) is 20.1. The summed E-state index contributed by atoms with van der Waals surface area (Å²) in [5.74, 6) is 0.395. The molecular formula is C26H48O4S2. The number of aliphatic hydroxyl groups excluding tert-OH is 2. The SMILES string of the molecule is CC(C)(CO)CCCC1CCC(=O)C(CCC2CCCC(CCCC(C)(C)CO)S2=O)S1. The van der Waals surface area contributed by atoms with E-state index >= 15 is 0 Å². The fourth-order valence-corrected chi connectivity index (χ4v) is 8.67. The van der Waals surface area contributed by atoms with Gasteiger partial charge in [0.15, 0.2) is 0 Å². The van der Waals surface area contributed by atoms with Crippen LogP contribution in [0.1, 0.15) is 111 Å². The molecule has 32 heavy (non-hydrogen) atoms. The number of thioether (sulfide) groups is 1. The molecule has 2 fully saturated rings. The lowest BCUT2D eigenvalue weighted by Crippen LogP contribution is -2.33. The second-order valence-electron chi connectivity index (χ2n) is 11.8. The van der Waals surface area contributed by atoms with Crippen LogP contribution >= 0.6 is 11.8 Å². The number of rotatable bonds is 13. The van der Waals surface area contributed by atoms with Crippen LogP contribution in [-0.2, 0) is 15.6 Å². The number of aliphatic hydroxyl groups is 2. The lowest BCUT2D eigenvalue weighted by Gasteiger charge is -2.32. The molecule has 0 aromatic rings. The van der Waals surface area contributed by atoms with Gasteiger partial charge in [-0.3, -0.25) is 9.00 Å². The minimum Gasteiger partial charge on any atom is -0.396 e. The Morgan fingerprint density at radius 3 is 2.03 bits per heavy atom. The molecule has 2 aliphatic heterocycles. The van der Waals surface area contributed by atoms with Crippen LogP contribution in [0.5, 0.6) is 0 Å². The Hall–Kier alpha value is 0.0900. The molecule has 2 N–H and O–H groups in total. The minimum atomic E-state index is -0.793. The van der Waals surface area contributed by atoms with Crippen molar-refractivity contribution in [1.29, 1.82) is 0 Å². The highest BCUT2D eigenvalue weighted by Gasteiger charge is 2.33. The maximum absolute atomic E-state index is 13.2. The molecule has 0 amide bonds. The Morgan fingerprint density at radius 2 is 1.44 bits per heavy atom. The van der Waals surface area contributed by atoms with Crippen LogP contribution in [0.15, 0.2) is 0 Å². The first-order valence-electron chi connectivity index (χ1n) is 12.9. The number of hydrogen-bond donors (Lipinski definition) is 2. The lowest BCUT2D eigenvalue weighted by atomic mass is 9.87. The van der Waals surface area contributed by atoms with Gasteiger partial charge in [-0.05, 0) is 68.6 Å². The second-order valence-corrected chi connectivity index (χ2v) is 15.3. The molecule has 5 atom stereocenters. The maximum atomic E-state index is 13.2. The van der Waals surface area contributed by atoms with Crippen LogP contribution < -0.4 is 0 Å². The molecule has 2 saturated heterocycles. The fraction of sp³-hybridized carbons (Fsp3) is 0.962. The molecule has 0 aliphatic carbocycles. The summed E-state index contributed by atoms with van der Waals surface area (Å²) in [4.78, 5) is 12.6. The van der Waals surface area contributed by atoms with Gasteiger partial charge < -0.3 is 10.2 Å². The van der Waals surface area contributed by atoms with E-state index in [1.54, 1.807) is 0 Å². The first-order valence-corrected chi connectivity index (χ1v) is 15.1. The van der Waals surface area contributed by atoms with E-state index in [4.69, 9.17) is 0 Å². The molecule has 2 heterocycles. The molecule has 0 aromatic heterocycles. The molecule has 4 nitrogen and oxygen atoms in total. The van der Waals surface area contributed by atoms with Gasteiger partial charge in [0.1, 0.15) is 5.78 Å². The highest BCUT2D eigenvalue weighted by Crippen LogP contribution is 2.38. The molecule has 0 aromatic carbocycles. The monoisotopic (exact) mass is 488 g/mol. The summed E-state index contributed by atoms with van der Waals surface area (Å²) >= 11 is 1.87. The molecule has 0 spiro atoms. The molecule has 0 bridgehead atoms. The zero-order chi connectivity index (χ0) is 23.8. The third-order valence-electron chi connectivity index (χ3n) is 7.50. The van der Waals surface area contributed by atoms with Crippen molar-refractivity contribution >= 4 is 28.3 Å². The summed E-state index contributed by atoms with van der Waals surface area (Å²) in [7, 11) is -0.793. The number of carbonyl (C=O) groups is 1.